The number of hydrogen-bond donors (Lipinski definition) is 0. The number of hydrogen-bond acceptors (Lipinski definition) is 5. The summed E-state index contributed by atoms with van der Waals surface area (Å²) in [5.74, 6) is -1.67. The van der Waals surface area contributed by atoms with Crippen molar-refractivity contribution in [2.45, 2.75) is 0 Å². The van der Waals surface area contributed by atoms with E-state index >= 15 is 0 Å². The molecular weight excluding hydrogens is 364 g/mol. The van der Waals surface area contributed by atoms with Gasteiger partial charge in [-0.15, -0.1) is 0 Å². The number of halogens is 1. The Hall–Kier alpha value is -2.47. The molecule has 0 radical (unpaired) electrons. The highest BCUT2D eigenvalue weighted by molar-refractivity contribution is 9.10. The summed E-state index contributed by atoms with van der Waals surface area (Å²) in [6.07, 6.45) is 0. The summed E-state index contributed by atoms with van der Waals surface area (Å²) in [6.45, 7) is 0. The van der Waals surface area contributed by atoms with Gasteiger partial charge in [-0.3, -0.25) is 4.79 Å². The van der Waals surface area contributed by atoms with Gasteiger partial charge in [0.1, 0.15) is 0 Å². The molecule has 0 spiro atoms. The summed E-state index contributed by atoms with van der Waals surface area (Å²) in [4.78, 5) is 36.5. The van der Waals surface area contributed by atoms with Crippen LogP contribution in [-0.2, 0) is 9.47 Å². The largest absolute Gasteiger partial charge is 0.465 e. The summed E-state index contributed by atoms with van der Waals surface area (Å²) < 4.78 is 9.69. The number of carbonyl (C=O) groups is 3. The predicted molar refractivity (Wildman–Crippen MR) is 86.7 cm³/mol. The highest BCUT2D eigenvalue weighted by atomic mass is 79.9. The second-order valence-electron chi connectivity index (χ2n) is 4.56. The van der Waals surface area contributed by atoms with Crippen molar-refractivity contribution in [3.63, 3.8) is 0 Å². The van der Waals surface area contributed by atoms with Gasteiger partial charge < -0.3 is 9.47 Å². The van der Waals surface area contributed by atoms with E-state index in [1.54, 1.807) is 30.3 Å². The fourth-order valence-electron chi connectivity index (χ4n) is 2.08. The third kappa shape index (κ3) is 3.48. The topological polar surface area (TPSA) is 69.7 Å². The minimum Gasteiger partial charge on any atom is -0.465 e. The lowest BCUT2D eigenvalue weighted by atomic mass is 9.96. The van der Waals surface area contributed by atoms with Gasteiger partial charge in [0.25, 0.3) is 0 Å². The molecule has 0 saturated carbocycles. The van der Waals surface area contributed by atoms with E-state index in [4.69, 9.17) is 4.74 Å². The number of methoxy groups -OCH3 is 2. The molecule has 2 aromatic rings. The van der Waals surface area contributed by atoms with Crippen LogP contribution in [0.5, 0.6) is 0 Å². The Balaban J connectivity index is 2.67. The van der Waals surface area contributed by atoms with Crippen LogP contribution in [0.4, 0.5) is 0 Å². The summed E-state index contributed by atoms with van der Waals surface area (Å²) in [7, 11) is 2.46. The van der Waals surface area contributed by atoms with Gasteiger partial charge in [0.15, 0.2) is 5.78 Å². The van der Waals surface area contributed by atoms with Crippen LogP contribution < -0.4 is 0 Å². The standard InChI is InChI=1S/C17H13BrO5/c1-22-16(20)11-8-12(14(13(18)9-11)17(21)23-2)15(19)10-6-4-3-5-7-10/h3-9H,1-2H3. The molecule has 0 N–H and O–H groups in total. The number of benzene rings is 2. The molecule has 0 fully saturated rings. The normalized spacial score (nSPS) is 10.0. The van der Waals surface area contributed by atoms with Crippen molar-refractivity contribution >= 4 is 33.7 Å². The van der Waals surface area contributed by atoms with E-state index in [1.165, 1.54) is 26.4 Å². The molecule has 0 aliphatic heterocycles. The highest BCUT2D eigenvalue weighted by Crippen LogP contribution is 2.26. The number of ether oxygens (including phenoxy) is 2. The first-order chi connectivity index (χ1) is 11.0. The Morgan fingerprint density at radius 2 is 1.48 bits per heavy atom. The Morgan fingerprint density at radius 3 is 2.04 bits per heavy atom. The highest BCUT2D eigenvalue weighted by Gasteiger charge is 2.24. The van der Waals surface area contributed by atoms with Crippen molar-refractivity contribution in [1.29, 1.82) is 0 Å². The minimum absolute atomic E-state index is 0.0639. The zero-order valence-corrected chi connectivity index (χ0v) is 14.0. The third-order valence-electron chi connectivity index (χ3n) is 3.18. The molecule has 0 aliphatic rings. The second kappa shape index (κ2) is 7.19. The van der Waals surface area contributed by atoms with Gasteiger partial charge in [-0.1, -0.05) is 30.3 Å². The van der Waals surface area contributed by atoms with E-state index in [-0.39, 0.29) is 21.2 Å². The van der Waals surface area contributed by atoms with E-state index in [0.29, 0.717) is 5.56 Å². The number of esters is 2. The van der Waals surface area contributed by atoms with Crippen molar-refractivity contribution in [3.05, 3.63) is 69.2 Å². The first-order valence-electron chi connectivity index (χ1n) is 6.59. The Bertz CT molecular complexity index is 768. The van der Waals surface area contributed by atoms with Gasteiger partial charge in [-0.2, -0.15) is 0 Å². The van der Waals surface area contributed by atoms with Crippen molar-refractivity contribution in [2.24, 2.45) is 0 Å². The van der Waals surface area contributed by atoms with E-state index in [0.717, 1.165) is 0 Å². The third-order valence-corrected chi connectivity index (χ3v) is 3.81. The van der Waals surface area contributed by atoms with Gasteiger partial charge in [0, 0.05) is 15.6 Å². The van der Waals surface area contributed by atoms with Crippen molar-refractivity contribution in [2.75, 3.05) is 14.2 Å². The van der Waals surface area contributed by atoms with Crippen LogP contribution in [0.25, 0.3) is 0 Å². The van der Waals surface area contributed by atoms with Gasteiger partial charge in [0.05, 0.1) is 25.3 Å². The van der Waals surface area contributed by atoms with Crippen LogP contribution in [0.15, 0.2) is 46.9 Å². The predicted octanol–water partition coefficient (Wildman–Crippen LogP) is 3.25. The van der Waals surface area contributed by atoms with Crippen LogP contribution in [-0.4, -0.2) is 31.9 Å². The van der Waals surface area contributed by atoms with Crippen LogP contribution in [0, 0.1) is 0 Å². The van der Waals surface area contributed by atoms with Gasteiger partial charge in [0.2, 0.25) is 0 Å². The van der Waals surface area contributed by atoms with Crippen LogP contribution in [0.2, 0.25) is 0 Å². The molecular formula is C17H13BrO5. The van der Waals surface area contributed by atoms with E-state index in [9.17, 15) is 14.4 Å². The first-order valence-corrected chi connectivity index (χ1v) is 7.38. The van der Waals surface area contributed by atoms with Gasteiger partial charge in [-0.25, -0.2) is 9.59 Å². The molecule has 0 atom stereocenters. The van der Waals surface area contributed by atoms with Crippen LogP contribution in [0.1, 0.15) is 36.6 Å². The molecule has 6 heteroatoms. The second-order valence-corrected chi connectivity index (χ2v) is 5.41. The molecule has 0 heterocycles. The first kappa shape index (κ1) is 16.9. The molecule has 0 saturated heterocycles. The lowest BCUT2D eigenvalue weighted by molar-refractivity contribution is 0.0584. The number of carbonyl (C=O) groups excluding carboxylic acids is 3. The summed E-state index contributed by atoms with van der Waals surface area (Å²) in [6, 6.07) is 11.2. The van der Waals surface area contributed by atoms with E-state index in [1.807, 2.05) is 0 Å². The molecule has 118 valence electrons. The molecule has 0 amide bonds. The number of rotatable bonds is 4. The summed E-state index contributed by atoms with van der Waals surface area (Å²) in [5, 5.41) is 0. The Kier molecular flexibility index (Phi) is 5.28. The zero-order chi connectivity index (χ0) is 17.0. The van der Waals surface area contributed by atoms with Crippen molar-refractivity contribution in [3.8, 4) is 0 Å². The lowest BCUT2D eigenvalue weighted by Gasteiger charge is -2.11. The summed E-state index contributed by atoms with van der Waals surface area (Å²) in [5.41, 5.74) is 0.685. The van der Waals surface area contributed by atoms with E-state index < -0.39 is 17.7 Å². The number of ketones is 1. The summed E-state index contributed by atoms with van der Waals surface area (Å²) >= 11 is 3.22. The smallest absolute Gasteiger partial charge is 0.339 e. The molecule has 0 unspecified atom stereocenters. The van der Waals surface area contributed by atoms with Crippen LogP contribution in [0.3, 0.4) is 0 Å². The quantitative estimate of drug-likeness (QED) is 0.604. The molecule has 5 nitrogen and oxygen atoms in total. The maximum atomic E-state index is 12.7. The molecule has 0 aliphatic carbocycles. The lowest BCUT2D eigenvalue weighted by Crippen LogP contribution is -2.14. The Labute approximate surface area is 141 Å². The molecule has 0 bridgehead atoms. The van der Waals surface area contributed by atoms with Gasteiger partial charge in [-0.05, 0) is 28.1 Å². The SMILES string of the molecule is COC(=O)c1cc(Br)c(C(=O)OC)c(C(=O)c2ccccc2)c1. The monoisotopic (exact) mass is 376 g/mol. The van der Waals surface area contributed by atoms with Gasteiger partial charge >= 0.3 is 11.9 Å². The fraction of sp³-hybridized carbons (Fsp3) is 0.118. The molecule has 2 rings (SSSR count). The molecule has 23 heavy (non-hydrogen) atoms. The van der Waals surface area contributed by atoms with Crippen LogP contribution >= 0.6 is 15.9 Å². The average molecular weight is 377 g/mol. The van der Waals surface area contributed by atoms with Crippen molar-refractivity contribution in [1.82, 2.24) is 0 Å². The zero-order valence-electron chi connectivity index (χ0n) is 12.5. The maximum Gasteiger partial charge on any atom is 0.339 e. The molecule has 2 aromatic carbocycles. The maximum absolute atomic E-state index is 12.7. The minimum atomic E-state index is -0.674. The Morgan fingerprint density at radius 1 is 0.870 bits per heavy atom. The molecule has 0 aromatic heterocycles. The average Bonchev–Trinajstić information content (AvgIpc) is 2.59. The van der Waals surface area contributed by atoms with Crippen molar-refractivity contribution < 1.29 is 23.9 Å². The van der Waals surface area contributed by atoms with E-state index in [2.05, 4.69) is 20.7 Å². The fourth-order valence-corrected chi connectivity index (χ4v) is 2.70.